The number of likely N-dealkylation sites (N-methyl/N-ethyl adjacent to an activating group) is 1. The van der Waals surface area contributed by atoms with Crippen molar-refractivity contribution in [2.45, 2.75) is 67.1 Å². The zero-order valence-corrected chi connectivity index (χ0v) is 40.2. The van der Waals surface area contributed by atoms with Crippen molar-refractivity contribution in [2.24, 2.45) is 7.05 Å². The molecule has 0 unspecified atom stereocenters. The van der Waals surface area contributed by atoms with Gasteiger partial charge in [0.1, 0.15) is 17.2 Å². The molecule has 17 heteroatoms. The molecule has 4 aliphatic heterocycles. The van der Waals surface area contributed by atoms with Crippen LogP contribution in [0, 0.1) is 41.5 Å². The maximum absolute atomic E-state index is 12.4. The minimum atomic E-state index is -3.50. The maximum Gasteiger partial charge on any atom is 0.586 e. The molecular weight excluding hydrogens is 923 g/mol. The predicted octanol–water partition coefficient (Wildman–Crippen LogP) is 10.1. The summed E-state index contributed by atoms with van der Waals surface area (Å²) in [4.78, 5) is 56.2. The number of nitrogens with zero attached hydrogens (tertiary/aromatic N) is 2. The number of anilines is 1. The number of esters is 2. The fraction of sp³-hybridized carbons (Fsp3) is 0.241. The molecular formula is C54H50F2N2O13. The summed E-state index contributed by atoms with van der Waals surface area (Å²) < 4.78 is 64.4. The van der Waals surface area contributed by atoms with E-state index >= 15 is 0 Å². The first-order valence-electron chi connectivity index (χ1n) is 22.2. The minimum absolute atomic E-state index is 0.00176. The largest absolute Gasteiger partial charge is 0.586 e. The summed E-state index contributed by atoms with van der Waals surface area (Å²) in [6.07, 6.45) is -1.75. The summed E-state index contributed by atoms with van der Waals surface area (Å²) in [6.45, 7) is 11.9. The summed E-state index contributed by atoms with van der Waals surface area (Å²) in [5, 5.41) is 0. The highest BCUT2D eigenvalue weighted by molar-refractivity contribution is 5.97. The van der Waals surface area contributed by atoms with Crippen molar-refractivity contribution in [2.75, 3.05) is 18.6 Å². The van der Waals surface area contributed by atoms with Gasteiger partial charge in [0.15, 0.2) is 34.9 Å². The van der Waals surface area contributed by atoms with E-state index in [1.54, 1.807) is 44.1 Å². The zero-order chi connectivity index (χ0) is 51.1. The van der Waals surface area contributed by atoms with Gasteiger partial charge in [-0.25, -0.2) is 9.59 Å². The van der Waals surface area contributed by atoms with Crippen LogP contribution in [-0.4, -0.2) is 42.4 Å². The molecule has 6 aromatic carbocycles. The Balaban J connectivity index is 0.000000125. The van der Waals surface area contributed by atoms with Crippen molar-refractivity contribution in [3.63, 3.8) is 0 Å². The molecule has 15 nitrogen and oxygen atoms in total. The molecule has 0 saturated heterocycles. The Morgan fingerprint density at radius 1 is 0.493 bits per heavy atom. The molecule has 0 bridgehead atoms. The monoisotopic (exact) mass is 972 g/mol. The Bertz CT molecular complexity index is 3400. The number of oxazole rings is 1. The number of aromatic nitrogens is 1. The lowest BCUT2D eigenvalue weighted by Crippen LogP contribution is -2.35. The van der Waals surface area contributed by atoms with Gasteiger partial charge in [-0.3, -0.25) is 19.0 Å². The van der Waals surface area contributed by atoms with Gasteiger partial charge in [0.2, 0.25) is 0 Å². The van der Waals surface area contributed by atoms with Gasteiger partial charge in [0.05, 0.1) is 24.0 Å². The smallest absolute Gasteiger partial charge is 0.482 e. The normalized spacial score (nSPS) is 14.1. The summed E-state index contributed by atoms with van der Waals surface area (Å²) in [7, 11) is 3.47. The molecule has 0 radical (unpaired) electrons. The van der Waals surface area contributed by atoms with Crippen LogP contribution >= 0.6 is 0 Å². The first-order valence-corrected chi connectivity index (χ1v) is 22.2. The molecule has 8 aromatic rings. The Morgan fingerprint density at radius 2 is 1.01 bits per heavy atom. The Kier molecular flexibility index (Phi) is 15.2. The number of hydrogen-bond donors (Lipinski definition) is 0. The van der Waals surface area contributed by atoms with Crippen LogP contribution in [0.4, 0.5) is 14.5 Å². The Hall–Kier alpha value is -8.47. The lowest BCUT2D eigenvalue weighted by atomic mass is 10.0. The van der Waals surface area contributed by atoms with E-state index in [1.165, 1.54) is 27.8 Å². The molecule has 368 valence electrons. The number of amides is 1. The third-order valence-electron chi connectivity index (χ3n) is 11.0. The Morgan fingerprint density at radius 3 is 1.72 bits per heavy atom. The van der Waals surface area contributed by atoms with Crippen molar-refractivity contribution in [3.05, 3.63) is 175 Å². The van der Waals surface area contributed by atoms with E-state index in [2.05, 4.69) is 15.5 Å². The van der Waals surface area contributed by atoms with Gasteiger partial charge in [0.25, 0.3) is 5.91 Å². The number of carbonyl (C=O) groups excluding carboxylic acids is 3. The fourth-order valence-corrected chi connectivity index (χ4v) is 7.33. The summed E-state index contributed by atoms with van der Waals surface area (Å²) in [5.41, 5.74) is 12.1. The van der Waals surface area contributed by atoms with E-state index in [0.717, 1.165) is 68.3 Å². The third-order valence-corrected chi connectivity index (χ3v) is 11.0. The lowest BCUT2D eigenvalue weighted by Gasteiger charge is -2.25. The van der Waals surface area contributed by atoms with Crippen LogP contribution in [0.2, 0.25) is 0 Å². The molecule has 4 aliphatic rings. The number of halogens is 2. The van der Waals surface area contributed by atoms with Crippen LogP contribution in [0.1, 0.15) is 50.9 Å². The minimum Gasteiger partial charge on any atom is -0.482 e. The molecule has 0 aliphatic carbocycles. The summed E-state index contributed by atoms with van der Waals surface area (Å²) in [5.74, 6) is 1.20. The van der Waals surface area contributed by atoms with E-state index in [-0.39, 0.29) is 41.7 Å². The van der Waals surface area contributed by atoms with Gasteiger partial charge in [-0.05, 0) is 136 Å². The molecule has 2 aromatic heterocycles. The molecule has 0 N–H and O–H groups in total. The second kappa shape index (κ2) is 21.4. The van der Waals surface area contributed by atoms with Crippen molar-refractivity contribution in [3.8, 4) is 28.7 Å². The van der Waals surface area contributed by atoms with Gasteiger partial charge in [-0.15, -0.1) is 8.78 Å². The van der Waals surface area contributed by atoms with Crippen LogP contribution in [0.3, 0.4) is 0 Å². The van der Waals surface area contributed by atoms with E-state index in [9.17, 15) is 32.8 Å². The van der Waals surface area contributed by atoms with Crippen LogP contribution in [0.25, 0.3) is 22.3 Å². The van der Waals surface area contributed by atoms with Crippen LogP contribution < -0.4 is 40.2 Å². The topological polar surface area (TPSA) is 179 Å². The van der Waals surface area contributed by atoms with E-state index in [1.807, 2.05) is 107 Å². The highest BCUT2D eigenvalue weighted by atomic mass is 19.3. The van der Waals surface area contributed by atoms with Gasteiger partial charge < -0.3 is 41.8 Å². The van der Waals surface area contributed by atoms with Crippen molar-refractivity contribution >= 4 is 45.8 Å². The van der Waals surface area contributed by atoms with Gasteiger partial charge in [-0.2, -0.15) is 0 Å². The fourth-order valence-electron chi connectivity index (χ4n) is 7.33. The average molecular weight is 973 g/mol. The summed E-state index contributed by atoms with van der Waals surface area (Å²) in [6, 6.07) is 33.1. The number of hydrogen-bond acceptors (Lipinski definition) is 13. The lowest BCUT2D eigenvalue weighted by molar-refractivity contribution is -0.286. The first kappa shape index (κ1) is 50.4. The predicted molar refractivity (Wildman–Crippen MR) is 259 cm³/mol. The van der Waals surface area contributed by atoms with Crippen molar-refractivity contribution in [1.82, 2.24) is 4.57 Å². The molecule has 0 saturated carbocycles. The van der Waals surface area contributed by atoms with Crippen LogP contribution in [-0.2, 0) is 34.3 Å². The number of ether oxygens (including phenoxy) is 5. The number of alkyl halides is 2. The number of aryl methyl sites for hydroxylation is 8. The molecule has 12 rings (SSSR count). The molecule has 0 spiro atoms. The highest BCUT2D eigenvalue weighted by Crippen LogP contribution is 2.41. The standard InChI is InChI=1S/C10H11NO2.C10H10O2.C9H9NO2.C9H8O2.C8H6F2O2.C8H6O3/c1-7-3-4-9-8(5-7)11(2)10(12)6-13-9;1-7-2-4-9-8(6-7)3-5-10(11)12-9;1-6-3-4-8-7(5-6)10(2)9(11)12-8;1-6-2-3-8-7(4-6)5-9(10)11-8;1-5-2-3-6-7(4-5)12-8(9,10)11-6;1-5-2-3-6-7(4-5)11-8(9)10-6/h3-5H,6H2,1-2H3;2,4,6H,3,5H2,1H3;3-5H,1-2H3;2-4H,5H2,1H3;2-4H,1H3;2-4H,1H3. The average Bonchev–Trinajstić information content (AvgIpc) is 4.05. The number of carbonyl (C=O) groups is 3. The summed E-state index contributed by atoms with van der Waals surface area (Å²) >= 11 is 0. The first-order chi connectivity index (χ1) is 33.7. The molecule has 6 heterocycles. The third kappa shape index (κ3) is 13.0. The molecule has 71 heavy (non-hydrogen) atoms. The van der Waals surface area contributed by atoms with Gasteiger partial charge in [-0.1, -0.05) is 59.7 Å². The maximum atomic E-state index is 12.4. The quantitative estimate of drug-likeness (QED) is 0.104. The van der Waals surface area contributed by atoms with E-state index in [4.69, 9.17) is 27.5 Å². The number of benzene rings is 6. The van der Waals surface area contributed by atoms with Crippen molar-refractivity contribution < 1.29 is 60.1 Å². The number of rotatable bonds is 0. The second-order valence-corrected chi connectivity index (χ2v) is 17.0. The second-order valence-electron chi connectivity index (χ2n) is 17.0. The van der Waals surface area contributed by atoms with Crippen molar-refractivity contribution in [1.29, 1.82) is 0 Å². The van der Waals surface area contributed by atoms with Crippen LogP contribution in [0.15, 0.2) is 132 Å². The molecule has 0 fully saturated rings. The SMILES string of the molecule is Cc1ccc2c(c1)CC(=O)O2.Cc1ccc2c(c1)CCC(=O)O2.Cc1ccc2c(c1)N(C)C(=O)CO2.Cc1ccc2c(c1)OC(F)(F)O2.Cc1ccc2oc(=O)n(C)c2c1.Cc1ccc2oc(=O)oc2c1. The van der Waals surface area contributed by atoms with Gasteiger partial charge >= 0.3 is 29.8 Å². The zero-order valence-electron chi connectivity index (χ0n) is 40.2. The molecule has 1 amide bonds. The van der Waals surface area contributed by atoms with Crippen LogP contribution in [0.5, 0.6) is 28.7 Å². The molecule has 0 atom stereocenters. The number of fused-ring (bicyclic) bond motifs is 6. The van der Waals surface area contributed by atoms with E-state index < -0.39 is 12.1 Å². The van der Waals surface area contributed by atoms with Gasteiger partial charge in [0, 0.05) is 19.7 Å². The Labute approximate surface area is 405 Å². The van der Waals surface area contributed by atoms with E-state index in [0.29, 0.717) is 29.6 Å². The highest BCUT2D eigenvalue weighted by Gasteiger charge is 2.43.